The first-order valence-electron chi connectivity index (χ1n) is 6.18. The Morgan fingerprint density at radius 1 is 1.53 bits per heavy atom. The molecular weight excluding hydrogens is 314 g/mol. The number of hydrogen-bond donors (Lipinski definition) is 0. The fourth-order valence-electron chi connectivity index (χ4n) is 2.17. The third-order valence-corrected chi connectivity index (χ3v) is 3.83. The van der Waals surface area contributed by atoms with Gasteiger partial charge in [0.25, 0.3) is 5.56 Å². The Hall–Kier alpha value is -1.14. The summed E-state index contributed by atoms with van der Waals surface area (Å²) in [5.41, 5.74) is 0.250. The summed E-state index contributed by atoms with van der Waals surface area (Å²) in [7, 11) is 1.32. The first-order valence-corrected chi connectivity index (χ1v) is 6.97. The highest BCUT2D eigenvalue weighted by Gasteiger charge is 2.17. The number of rotatable bonds is 3. The van der Waals surface area contributed by atoms with Gasteiger partial charge in [0.1, 0.15) is 0 Å². The van der Waals surface area contributed by atoms with Crippen molar-refractivity contribution in [2.24, 2.45) is 5.92 Å². The van der Waals surface area contributed by atoms with Crippen molar-refractivity contribution in [1.82, 2.24) is 4.57 Å². The Labute approximate surface area is 119 Å². The molecule has 1 aliphatic rings. The minimum Gasteiger partial charge on any atom is -0.465 e. The van der Waals surface area contributed by atoms with E-state index in [-0.39, 0.29) is 5.56 Å². The molecule has 1 aromatic rings. The molecule has 1 fully saturated rings. The lowest BCUT2D eigenvalue weighted by Crippen LogP contribution is -2.28. The van der Waals surface area contributed by atoms with Crippen LogP contribution < -0.4 is 5.56 Å². The van der Waals surface area contributed by atoms with E-state index in [1.807, 2.05) is 0 Å². The standard InChI is InChI=1S/C13H16BrNO4/c1-18-13(17)10-6-11(14)12(16)15(8-10)7-9-2-4-19-5-3-9/h6,8-9H,2-5,7H2,1H3. The van der Waals surface area contributed by atoms with Crippen molar-refractivity contribution < 1.29 is 14.3 Å². The van der Waals surface area contributed by atoms with Gasteiger partial charge in [0, 0.05) is 26.0 Å². The SMILES string of the molecule is COC(=O)c1cc(Br)c(=O)n(CC2CCOCC2)c1. The molecule has 0 N–H and O–H groups in total. The number of pyridine rings is 1. The number of hydrogen-bond acceptors (Lipinski definition) is 4. The van der Waals surface area contributed by atoms with Gasteiger partial charge in [-0.15, -0.1) is 0 Å². The molecule has 0 radical (unpaired) electrons. The second-order valence-corrected chi connectivity index (χ2v) is 5.44. The first kappa shape index (κ1) is 14.3. The minimum atomic E-state index is -0.443. The van der Waals surface area contributed by atoms with Crippen molar-refractivity contribution in [2.75, 3.05) is 20.3 Å². The molecule has 0 spiro atoms. The monoisotopic (exact) mass is 329 g/mol. The van der Waals surface area contributed by atoms with Gasteiger partial charge in [-0.1, -0.05) is 0 Å². The molecule has 19 heavy (non-hydrogen) atoms. The van der Waals surface area contributed by atoms with Gasteiger partial charge >= 0.3 is 5.97 Å². The highest BCUT2D eigenvalue weighted by atomic mass is 79.9. The van der Waals surface area contributed by atoms with E-state index >= 15 is 0 Å². The van der Waals surface area contributed by atoms with Crippen molar-refractivity contribution >= 4 is 21.9 Å². The smallest absolute Gasteiger partial charge is 0.339 e. The van der Waals surface area contributed by atoms with E-state index in [2.05, 4.69) is 20.7 Å². The van der Waals surface area contributed by atoms with Gasteiger partial charge in [0.15, 0.2) is 0 Å². The number of carbonyl (C=O) groups excluding carboxylic acids is 1. The molecule has 0 atom stereocenters. The quantitative estimate of drug-likeness (QED) is 0.794. The van der Waals surface area contributed by atoms with E-state index in [0.29, 0.717) is 22.5 Å². The zero-order valence-electron chi connectivity index (χ0n) is 10.7. The summed E-state index contributed by atoms with van der Waals surface area (Å²) in [6, 6.07) is 1.49. The average Bonchev–Trinajstić information content (AvgIpc) is 2.44. The van der Waals surface area contributed by atoms with E-state index in [0.717, 1.165) is 26.1 Å². The van der Waals surface area contributed by atoms with Crippen molar-refractivity contribution in [2.45, 2.75) is 19.4 Å². The number of halogens is 1. The molecule has 1 saturated heterocycles. The van der Waals surface area contributed by atoms with E-state index in [9.17, 15) is 9.59 Å². The Morgan fingerprint density at radius 3 is 2.84 bits per heavy atom. The second kappa shape index (κ2) is 6.34. The van der Waals surface area contributed by atoms with Gasteiger partial charge in [-0.05, 0) is 40.8 Å². The van der Waals surface area contributed by atoms with Crippen LogP contribution in [0.1, 0.15) is 23.2 Å². The number of nitrogens with zero attached hydrogens (tertiary/aromatic N) is 1. The normalized spacial score (nSPS) is 16.3. The summed E-state index contributed by atoms with van der Waals surface area (Å²) in [6.45, 7) is 2.07. The first-order chi connectivity index (χ1) is 9.11. The predicted molar refractivity (Wildman–Crippen MR) is 73.3 cm³/mol. The van der Waals surface area contributed by atoms with Crippen molar-refractivity contribution in [1.29, 1.82) is 0 Å². The van der Waals surface area contributed by atoms with Crippen molar-refractivity contribution in [3.63, 3.8) is 0 Å². The maximum Gasteiger partial charge on any atom is 0.339 e. The number of esters is 1. The van der Waals surface area contributed by atoms with Crippen LogP contribution in [0.2, 0.25) is 0 Å². The zero-order chi connectivity index (χ0) is 13.8. The van der Waals surface area contributed by atoms with Gasteiger partial charge in [0.05, 0.1) is 17.1 Å². The van der Waals surface area contributed by atoms with Crippen molar-refractivity contribution in [3.8, 4) is 0 Å². The molecule has 2 heterocycles. The molecule has 0 unspecified atom stereocenters. The molecule has 1 aromatic heterocycles. The molecule has 0 aromatic carbocycles. The molecular formula is C13H16BrNO4. The van der Waals surface area contributed by atoms with Crippen LogP contribution in [0, 0.1) is 5.92 Å². The summed E-state index contributed by atoms with van der Waals surface area (Å²) in [4.78, 5) is 23.6. The van der Waals surface area contributed by atoms with Gasteiger partial charge in [-0.25, -0.2) is 4.79 Å². The fraction of sp³-hybridized carbons (Fsp3) is 0.538. The zero-order valence-corrected chi connectivity index (χ0v) is 12.3. The number of carbonyl (C=O) groups is 1. The van der Waals surface area contributed by atoms with Crippen LogP contribution in [0.5, 0.6) is 0 Å². The van der Waals surface area contributed by atoms with Gasteiger partial charge < -0.3 is 14.0 Å². The van der Waals surface area contributed by atoms with Crippen LogP contribution in [0.4, 0.5) is 0 Å². The van der Waals surface area contributed by atoms with E-state index in [1.54, 1.807) is 10.8 Å². The maximum absolute atomic E-state index is 12.0. The molecule has 5 nitrogen and oxygen atoms in total. The maximum atomic E-state index is 12.0. The van der Waals surface area contributed by atoms with Crippen LogP contribution in [0.3, 0.4) is 0 Å². The van der Waals surface area contributed by atoms with Crippen LogP contribution in [0.15, 0.2) is 21.5 Å². The summed E-state index contributed by atoms with van der Waals surface area (Å²) >= 11 is 3.19. The third kappa shape index (κ3) is 3.45. The average molecular weight is 330 g/mol. The summed E-state index contributed by atoms with van der Waals surface area (Å²) < 4.78 is 11.9. The highest BCUT2D eigenvalue weighted by molar-refractivity contribution is 9.10. The number of ether oxygens (including phenoxy) is 2. The lowest BCUT2D eigenvalue weighted by atomic mass is 10.0. The predicted octanol–water partition coefficient (Wildman–Crippen LogP) is 1.82. The molecule has 1 aliphatic heterocycles. The van der Waals surface area contributed by atoms with Gasteiger partial charge in [-0.2, -0.15) is 0 Å². The van der Waals surface area contributed by atoms with Gasteiger partial charge in [-0.3, -0.25) is 4.79 Å². The topological polar surface area (TPSA) is 57.5 Å². The van der Waals surface area contributed by atoms with Crippen LogP contribution >= 0.6 is 15.9 Å². The summed E-state index contributed by atoms with van der Waals surface area (Å²) in [5.74, 6) is -0.0346. The molecule has 0 aliphatic carbocycles. The van der Waals surface area contributed by atoms with Crippen LogP contribution in [-0.4, -0.2) is 30.9 Å². The van der Waals surface area contributed by atoms with Crippen LogP contribution in [-0.2, 0) is 16.0 Å². The molecule has 0 bridgehead atoms. The van der Waals surface area contributed by atoms with E-state index in [1.165, 1.54) is 13.2 Å². The summed E-state index contributed by atoms with van der Waals surface area (Å²) in [5, 5.41) is 0. The molecule has 6 heteroatoms. The fourth-order valence-corrected chi connectivity index (χ4v) is 2.65. The highest BCUT2D eigenvalue weighted by Crippen LogP contribution is 2.17. The Bertz CT molecular complexity index is 520. The molecule has 104 valence electrons. The summed E-state index contributed by atoms with van der Waals surface area (Å²) in [6.07, 6.45) is 3.44. The van der Waals surface area contributed by atoms with Gasteiger partial charge in [0.2, 0.25) is 0 Å². The molecule has 2 rings (SSSR count). The van der Waals surface area contributed by atoms with Crippen LogP contribution in [0.25, 0.3) is 0 Å². The number of methoxy groups -OCH3 is 1. The van der Waals surface area contributed by atoms with E-state index < -0.39 is 5.97 Å². The Morgan fingerprint density at radius 2 is 2.21 bits per heavy atom. The van der Waals surface area contributed by atoms with Crippen molar-refractivity contribution in [3.05, 3.63) is 32.7 Å². The Kier molecular flexibility index (Phi) is 4.76. The number of aromatic nitrogens is 1. The lowest BCUT2D eigenvalue weighted by Gasteiger charge is -2.23. The Balaban J connectivity index is 2.25. The molecule has 0 saturated carbocycles. The largest absolute Gasteiger partial charge is 0.465 e. The van der Waals surface area contributed by atoms with E-state index in [4.69, 9.17) is 4.74 Å². The second-order valence-electron chi connectivity index (χ2n) is 4.58. The third-order valence-electron chi connectivity index (χ3n) is 3.26. The lowest BCUT2D eigenvalue weighted by molar-refractivity contribution is 0.0586. The minimum absolute atomic E-state index is 0.126. The molecule has 0 amide bonds.